The Labute approximate surface area is 149 Å². The molecule has 1 aliphatic heterocycles. The van der Waals surface area contributed by atoms with Crippen LogP contribution in [-0.4, -0.2) is 55.2 Å². The van der Waals surface area contributed by atoms with Gasteiger partial charge >= 0.3 is 6.09 Å². The highest BCUT2D eigenvalue weighted by Crippen LogP contribution is 2.11. The monoisotopic (exact) mass is 343 g/mol. The maximum atomic E-state index is 12.1. The summed E-state index contributed by atoms with van der Waals surface area (Å²) in [7, 11) is 0. The first-order chi connectivity index (χ1) is 11.9. The molecular weight excluding hydrogens is 318 g/mol. The van der Waals surface area contributed by atoms with Crippen molar-refractivity contribution in [3.63, 3.8) is 0 Å². The van der Waals surface area contributed by atoms with Gasteiger partial charge in [0.2, 0.25) is 0 Å². The molecule has 1 aliphatic rings. The number of amides is 1. The van der Waals surface area contributed by atoms with Crippen molar-refractivity contribution in [2.24, 2.45) is 4.99 Å². The van der Waals surface area contributed by atoms with Crippen LogP contribution in [0.5, 0.6) is 0 Å². The van der Waals surface area contributed by atoms with E-state index < -0.39 is 11.7 Å². The summed E-state index contributed by atoms with van der Waals surface area (Å²) in [6, 6.07) is 9.43. The third-order valence-electron chi connectivity index (χ3n) is 3.64. The van der Waals surface area contributed by atoms with Crippen molar-refractivity contribution in [3.05, 3.63) is 35.4 Å². The van der Waals surface area contributed by atoms with Gasteiger partial charge in [0.25, 0.3) is 0 Å². The highest BCUT2D eigenvalue weighted by molar-refractivity contribution is 5.96. The van der Waals surface area contributed by atoms with Crippen molar-refractivity contribution in [2.75, 3.05) is 32.8 Å². The van der Waals surface area contributed by atoms with Gasteiger partial charge in [-0.05, 0) is 38.5 Å². The van der Waals surface area contributed by atoms with Crippen molar-refractivity contribution in [1.82, 2.24) is 4.90 Å². The molecule has 1 heterocycles. The largest absolute Gasteiger partial charge is 0.442 e. The molecule has 0 N–H and O–H groups in total. The SMILES string of the molecule is CC(C)(C)OC(=O)N=C(Cc1ccc(C#N)cc1)CN1CCOCC1. The molecule has 0 bridgehead atoms. The molecule has 25 heavy (non-hydrogen) atoms. The fourth-order valence-electron chi connectivity index (χ4n) is 2.49. The molecule has 6 nitrogen and oxygen atoms in total. The fourth-order valence-corrected chi connectivity index (χ4v) is 2.49. The lowest BCUT2D eigenvalue weighted by Gasteiger charge is -2.27. The zero-order valence-electron chi connectivity index (χ0n) is 15.1. The van der Waals surface area contributed by atoms with Crippen molar-refractivity contribution < 1.29 is 14.3 Å². The van der Waals surface area contributed by atoms with Crippen LogP contribution in [0.3, 0.4) is 0 Å². The average Bonchev–Trinajstić information content (AvgIpc) is 2.54. The molecule has 1 saturated heterocycles. The Morgan fingerprint density at radius 3 is 2.48 bits per heavy atom. The van der Waals surface area contributed by atoms with Gasteiger partial charge in [0.15, 0.2) is 0 Å². The number of ether oxygens (including phenoxy) is 2. The van der Waals surface area contributed by atoms with Gasteiger partial charge in [0.1, 0.15) is 5.60 Å². The lowest BCUT2D eigenvalue weighted by Crippen LogP contribution is -2.40. The average molecular weight is 343 g/mol. The molecule has 0 aromatic heterocycles. The zero-order valence-corrected chi connectivity index (χ0v) is 15.1. The maximum Gasteiger partial charge on any atom is 0.434 e. The van der Waals surface area contributed by atoms with E-state index in [1.54, 1.807) is 12.1 Å². The lowest BCUT2D eigenvalue weighted by atomic mass is 10.1. The van der Waals surface area contributed by atoms with E-state index in [0.717, 1.165) is 24.4 Å². The molecule has 6 heteroatoms. The van der Waals surface area contributed by atoms with Gasteiger partial charge in [-0.1, -0.05) is 12.1 Å². The van der Waals surface area contributed by atoms with Crippen molar-refractivity contribution in [2.45, 2.75) is 32.8 Å². The van der Waals surface area contributed by atoms with Crippen molar-refractivity contribution in [3.8, 4) is 6.07 Å². The van der Waals surface area contributed by atoms with Crippen LogP contribution in [0.2, 0.25) is 0 Å². The second-order valence-electron chi connectivity index (χ2n) is 7.03. The van der Waals surface area contributed by atoms with Crippen LogP contribution in [-0.2, 0) is 15.9 Å². The Morgan fingerprint density at radius 2 is 1.92 bits per heavy atom. The smallest absolute Gasteiger partial charge is 0.434 e. The van der Waals surface area contributed by atoms with E-state index in [1.807, 2.05) is 32.9 Å². The van der Waals surface area contributed by atoms with Crippen LogP contribution in [0.1, 0.15) is 31.9 Å². The summed E-state index contributed by atoms with van der Waals surface area (Å²) in [5.74, 6) is 0. The summed E-state index contributed by atoms with van der Waals surface area (Å²) >= 11 is 0. The number of nitrogens with zero attached hydrogens (tertiary/aromatic N) is 3. The Morgan fingerprint density at radius 1 is 1.28 bits per heavy atom. The normalized spacial score (nSPS) is 16.3. The van der Waals surface area contributed by atoms with E-state index >= 15 is 0 Å². The molecule has 134 valence electrons. The molecule has 0 unspecified atom stereocenters. The van der Waals surface area contributed by atoms with Crippen LogP contribution >= 0.6 is 0 Å². The standard InChI is InChI=1S/C19H25N3O3/c1-19(2,3)25-18(23)21-17(14-22-8-10-24-11-9-22)12-15-4-6-16(13-20)7-5-15/h4-7H,8-12,14H2,1-3H3. The first-order valence-corrected chi connectivity index (χ1v) is 8.44. The first kappa shape index (κ1) is 19.1. The third-order valence-corrected chi connectivity index (χ3v) is 3.64. The predicted octanol–water partition coefficient (Wildman–Crippen LogP) is 2.81. The van der Waals surface area contributed by atoms with Gasteiger partial charge in [-0.3, -0.25) is 4.90 Å². The Kier molecular flexibility index (Phi) is 6.68. The highest BCUT2D eigenvalue weighted by Gasteiger charge is 2.18. The summed E-state index contributed by atoms with van der Waals surface area (Å²) in [5.41, 5.74) is 1.80. The Bertz CT molecular complexity index is 648. The summed E-state index contributed by atoms with van der Waals surface area (Å²) in [6.07, 6.45) is -0.0214. The number of carbonyl (C=O) groups excluding carboxylic acids is 1. The van der Waals surface area contributed by atoms with Crippen LogP contribution in [0.25, 0.3) is 0 Å². The minimum atomic E-state index is -0.570. The second-order valence-corrected chi connectivity index (χ2v) is 7.03. The van der Waals surface area contributed by atoms with E-state index in [0.29, 0.717) is 31.7 Å². The lowest BCUT2D eigenvalue weighted by molar-refractivity contribution is 0.0449. The van der Waals surface area contributed by atoms with Gasteiger partial charge in [0, 0.05) is 31.8 Å². The molecule has 0 radical (unpaired) electrons. The molecule has 1 aromatic rings. The number of benzene rings is 1. The van der Waals surface area contributed by atoms with Crippen molar-refractivity contribution >= 4 is 11.8 Å². The van der Waals surface area contributed by atoms with Gasteiger partial charge < -0.3 is 9.47 Å². The van der Waals surface area contributed by atoms with Crippen LogP contribution < -0.4 is 0 Å². The van der Waals surface area contributed by atoms with E-state index in [1.165, 1.54) is 0 Å². The van der Waals surface area contributed by atoms with E-state index in [4.69, 9.17) is 14.7 Å². The van der Waals surface area contributed by atoms with Gasteiger partial charge in [-0.15, -0.1) is 0 Å². The number of aliphatic imine (C=N–C) groups is 1. The Hall–Kier alpha value is -2.23. The molecule has 0 saturated carbocycles. The minimum Gasteiger partial charge on any atom is -0.442 e. The zero-order chi connectivity index (χ0) is 18.3. The highest BCUT2D eigenvalue weighted by atomic mass is 16.6. The molecular formula is C19H25N3O3. The van der Waals surface area contributed by atoms with Gasteiger partial charge in [-0.2, -0.15) is 10.3 Å². The topological polar surface area (TPSA) is 74.9 Å². The quantitative estimate of drug-likeness (QED) is 0.786. The third kappa shape index (κ3) is 7.04. The second kappa shape index (κ2) is 8.75. The van der Waals surface area contributed by atoms with Gasteiger partial charge in [-0.25, -0.2) is 4.79 Å². The predicted molar refractivity (Wildman–Crippen MR) is 95.8 cm³/mol. The van der Waals surface area contributed by atoms with Crippen molar-refractivity contribution in [1.29, 1.82) is 5.26 Å². The number of rotatable bonds is 4. The summed E-state index contributed by atoms with van der Waals surface area (Å²) in [4.78, 5) is 18.5. The minimum absolute atomic E-state index is 0.544. The summed E-state index contributed by atoms with van der Waals surface area (Å²) < 4.78 is 10.7. The number of morpholine rings is 1. The summed E-state index contributed by atoms with van der Waals surface area (Å²) in [5, 5.41) is 8.90. The van der Waals surface area contributed by atoms with E-state index in [-0.39, 0.29) is 0 Å². The fraction of sp³-hybridized carbons (Fsp3) is 0.526. The maximum absolute atomic E-state index is 12.1. The summed E-state index contributed by atoms with van der Waals surface area (Å²) in [6.45, 7) is 9.09. The number of carbonyl (C=O) groups is 1. The molecule has 1 aromatic carbocycles. The van der Waals surface area contributed by atoms with Crippen LogP contribution in [0.15, 0.2) is 29.3 Å². The molecule has 0 atom stereocenters. The number of nitriles is 1. The van der Waals surface area contributed by atoms with Crippen LogP contribution in [0.4, 0.5) is 4.79 Å². The first-order valence-electron chi connectivity index (χ1n) is 8.44. The molecule has 0 spiro atoms. The Balaban J connectivity index is 2.12. The molecule has 2 rings (SSSR count). The van der Waals surface area contributed by atoms with Gasteiger partial charge in [0.05, 0.1) is 24.8 Å². The molecule has 1 fully saturated rings. The molecule has 0 aliphatic carbocycles. The van der Waals surface area contributed by atoms with Crippen LogP contribution in [0, 0.1) is 11.3 Å². The number of hydrogen-bond acceptors (Lipinski definition) is 5. The van der Waals surface area contributed by atoms with E-state index in [2.05, 4.69) is 16.0 Å². The van der Waals surface area contributed by atoms with E-state index in [9.17, 15) is 4.79 Å². The molecule has 1 amide bonds. The number of hydrogen-bond donors (Lipinski definition) is 0.